The molecule has 4 amide bonds. The van der Waals surface area contributed by atoms with E-state index in [0.29, 0.717) is 26.1 Å². The van der Waals surface area contributed by atoms with Crippen molar-refractivity contribution < 1.29 is 14.4 Å². The number of rotatable bonds is 2. The third-order valence-corrected chi connectivity index (χ3v) is 2.75. The van der Waals surface area contributed by atoms with Crippen LogP contribution in [0.15, 0.2) is 0 Å². The van der Waals surface area contributed by atoms with E-state index < -0.39 is 6.04 Å². The second-order valence-electron chi connectivity index (χ2n) is 4.49. The lowest BCUT2D eigenvalue weighted by atomic mass is 10.3. The molecule has 0 bridgehead atoms. The van der Waals surface area contributed by atoms with E-state index in [0.717, 1.165) is 0 Å². The number of amides is 4. The molecule has 1 unspecified atom stereocenters. The van der Waals surface area contributed by atoms with Crippen LogP contribution in [0.2, 0.25) is 0 Å². The zero-order valence-corrected chi connectivity index (χ0v) is 11.0. The number of urea groups is 1. The maximum atomic E-state index is 11.9. The summed E-state index contributed by atoms with van der Waals surface area (Å²) in [4.78, 5) is 37.6. The molecule has 0 aromatic heterocycles. The van der Waals surface area contributed by atoms with Crippen molar-refractivity contribution in [3.63, 3.8) is 0 Å². The van der Waals surface area contributed by atoms with Gasteiger partial charge in [-0.25, -0.2) is 4.79 Å². The minimum absolute atomic E-state index is 0.0530. The minimum atomic E-state index is -0.570. The molecule has 0 aromatic carbocycles. The molecule has 1 atom stereocenters. The first-order valence-electron chi connectivity index (χ1n) is 5.95. The summed E-state index contributed by atoms with van der Waals surface area (Å²) in [7, 11) is 3.28. The highest BCUT2D eigenvalue weighted by atomic mass is 16.2. The molecule has 102 valence electrons. The summed E-state index contributed by atoms with van der Waals surface area (Å²) >= 11 is 0. The molecule has 0 saturated carbocycles. The van der Waals surface area contributed by atoms with Crippen molar-refractivity contribution in [2.45, 2.75) is 19.4 Å². The number of likely N-dealkylation sites (N-methyl/N-ethyl adjacent to an activating group) is 1. The highest BCUT2D eigenvalue weighted by Gasteiger charge is 2.22. The van der Waals surface area contributed by atoms with Crippen molar-refractivity contribution >= 4 is 17.8 Å². The zero-order valence-electron chi connectivity index (χ0n) is 11.0. The third kappa shape index (κ3) is 3.90. The molecule has 1 rings (SSSR count). The van der Waals surface area contributed by atoms with E-state index in [9.17, 15) is 14.4 Å². The second-order valence-corrected chi connectivity index (χ2v) is 4.49. The van der Waals surface area contributed by atoms with Crippen LogP contribution in [0.4, 0.5) is 4.79 Å². The van der Waals surface area contributed by atoms with Gasteiger partial charge in [0.1, 0.15) is 6.04 Å². The zero-order chi connectivity index (χ0) is 13.7. The Balaban J connectivity index is 2.49. The van der Waals surface area contributed by atoms with Gasteiger partial charge in [-0.3, -0.25) is 9.59 Å². The fraction of sp³-hybridized carbons (Fsp3) is 0.727. The lowest BCUT2D eigenvalue weighted by Gasteiger charge is -2.24. The predicted octanol–water partition coefficient (Wildman–Crippen LogP) is -1.01. The molecule has 1 saturated heterocycles. The van der Waals surface area contributed by atoms with Gasteiger partial charge < -0.3 is 20.4 Å². The van der Waals surface area contributed by atoms with Gasteiger partial charge in [-0.2, -0.15) is 0 Å². The van der Waals surface area contributed by atoms with E-state index >= 15 is 0 Å². The van der Waals surface area contributed by atoms with E-state index in [4.69, 9.17) is 0 Å². The van der Waals surface area contributed by atoms with E-state index in [2.05, 4.69) is 10.6 Å². The van der Waals surface area contributed by atoms with Crippen LogP contribution in [0.25, 0.3) is 0 Å². The molecular weight excluding hydrogens is 236 g/mol. The SMILES string of the molecule is CC(NC(=O)N1CCNC(=O)CC1)C(=O)N(C)C. The second kappa shape index (κ2) is 6.23. The Labute approximate surface area is 106 Å². The predicted molar refractivity (Wildman–Crippen MR) is 65.9 cm³/mol. The number of hydrogen-bond donors (Lipinski definition) is 2. The fourth-order valence-corrected chi connectivity index (χ4v) is 1.70. The highest BCUT2D eigenvalue weighted by Crippen LogP contribution is 1.98. The van der Waals surface area contributed by atoms with E-state index in [1.807, 2.05) is 0 Å². The van der Waals surface area contributed by atoms with Gasteiger partial charge in [-0.05, 0) is 6.92 Å². The van der Waals surface area contributed by atoms with Gasteiger partial charge >= 0.3 is 6.03 Å². The average Bonchev–Trinajstić information content (AvgIpc) is 2.52. The molecule has 7 heteroatoms. The van der Waals surface area contributed by atoms with Gasteiger partial charge in [0.05, 0.1) is 0 Å². The van der Waals surface area contributed by atoms with Crippen molar-refractivity contribution in [1.82, 2.24) is 20.4 Å². The minimum Gasteiger partial charge on any atom is -0.354 e. The van der Waals surface area contributed by atoms with Crippen molar-refractivity contribution in [3.05, 3.63) is 0 Å². The van der Waals surface area contributed by atoms with Gasteiger partial charge in [-0.1, -0.05) is 0 Å². The molecule has 1 aliphatic heterocycles. The normalized spacial score (nSPS) is 17.5. The monoisotopic (exact) mass is 256 g/mol. The molecule has 7 nitrogen and oxygen atoms in total. The van der Waals surface area contributed by atoms with Crippen molar-refractivity contribution in [1.29, 1.82) is 0 Å². The summed E-state index contributed by atoms with van der Waals surface area (Å²) in [6.45, 7) is 2.92. The van der Waals surface area contributed by atoms with Crippen LogP contribution in [-0.2, 0) is 9.59 Å². The molecule has 0 spiro atoms. The number of carbonyl (C=O) groups is 3. The van der Waals surface area contributed by atoms with Gasteiger partial charge in [0.15, 0.2) is 0 Å². The molecule has 0 radical (unpaired) electrons. The first-order valence-corrected chi connectivity index (χ1v) is 5.95. The number of nitrogens with one attached hydrogen (secondary N) is 2. The van der Waals surface area contributed by atoms with Crippen LogP contribution in [0.3, 0.4) is 0 Å². The maximum Gasteiger partial charge on any atom is 0.318 e. The third-order valence-electron chi connectivity index (χ3n) is 2.75. The molecule has 1 heterocycles. The van der Waals surface area contributed by atoms with E-state index in [1.54, 1.807) is 21.0 Å². The molecule has 1 fully saturated rings. The summed E-state index contributed by atoms with van der Waals surface area (Å²) in [5.41, 5.74) is 0. The number of carbonyl (C=O) groups excluding carboxylic acids is 3. The Bertz CT molecular complexity index is 343. The Morgan fingerprint density at radius 1 is 1.39 bits per heavy atom. The lowest BCUT2D eigenvalue weighted by molar-refractivity contribution is -0.130. The molecule has 2 N–H and O–H groups in total. The van der Waals surface area contributed by atoms with Gasteiger partial charge in [0.2, 0.25) is 11.8 Å². The summed E-state index contributed by atoms with van der Waals surface area (Å²) in [6.07, 6.45) is 0.295. The Hall–Kier alpha value is -1.79. The summed E-state index contributed by atoms with van der Waals surface area (Å²) in [6, 6.07) is -0.881. The largest absolute Gasteiger partial charge is 0.354 e. The van der Waals surface area contributed by atoms with E-state index in [-0.39, 0.29) is 17.8 Å². The fourth-order valence-electron chi connectivity index (χ4n) is 1.70. The summed E-state index contributed by atoms with van der Waals surface area (Å²) in [5, 5.41) is 5.32. The molecular formula is C11H20N4O3. The number of hydrogen-bond acceptors (Lipinski definition) is 3. The molecule has 1 aliphatic rings. The van der Waals surface area contributed by atoms with E-state index in [1.165, 1.54) is 9.80 Å². The van der Waals surface area contributed by atoms with Crippen molar-refractivity contribution in [2.75, 3.05) is 33.7 Å². The van der Waals surface area contributed by atoms with Crippen LogP contribution in [0.1, 0.15) is 13.3 Å². The maximum absolute atomic E-state index is 11.9. The van der Waals surface area contributed by atoms with Crippen LogP contribution >= 0.6 is 0 Å². The van der Waals surface area contributed by atoms with Crippen LogP contribution < -0.4 is 10.6 Å². The van der Waals surface area contributed by atoms with Crippen LogP contribution in [0.5, 0.6) is 0 Å². The van der Waals surface area contributed by atoms with Gasteiger partial charge in [-0.15, -0.1) is 0 Å². The quantitative estimate of drug-likeness (QED) is 0.664. The van der Waals surface area contributed by atoms with Crippen LogP contribution in [0, 0.1) is 0 Å². The first kappa shape index (κ1) is 14.3. The van der Waals surface area contributed by atoms with Crippen LogP contribution in [-0.4, -0.2) is 67.4 Å². The standard InChI is InChI=1S/C11H20N4O3/c1-8(10(17)14(2)3)13-11(18)15-6-4-9(16)12-5-7-15/h8H,4-7H2,1-3H3,(H,12,16)(H,13,18). The van der Waals surface area contributed by atoms with Gasteiger partial charge in [0.25, 0.3) is 0 Å². The highest BCUT2D eigenvalue weighted by molar-refractivity contribution is 5.86. The van der Waals surface area contributed by atoms with Crippen molar-refractivity contribution in [2.24, 2.45) is 0 Å². The lowest BCUT2D eigenvalue weighted by Crippen LogP contribution is -2.50. The Kier molecular flexibility index (Phi) is 4.94. The molecule has 0 aliphatic carbocycles. The molecule has 0 aromatic rings. The number of nitrogens with zero attached hydrogens (tertiary/aromatic N) is 2. The molecule has 18 heavy (non-hydrogen) atoms. The Morgan fingerprint density at radius 2 is 2.06 bits per heavy atom. The van der Waals surface area contributed by atoms with Gasteiger partial charge in [0, 0.05) is 40.2 Å². The topological polar surface area (TPSA) is 81.8 Å². The average molecular weight is 256 g/mol. The smallest absolute Gasteiger partial charge is 0.318 e. The summed E-state index contributed by atoms with van der Waals surface area (Å²) in [5.74, 6) is -0.213. The summed E-state index contributed by atoms with van der Waals surface area (Å²) < 4.78 is 0. The Morgan fingerprint density at radius 3 is 2.67 bits per heavy atom. The first-order chi connectivity index (χ1) is 8.41. The van der Waals surface area contributed by atoms with Crippen molar-refractivity contribution in [3.8, 4) is 0 Å².